The largest absolute Gasteiger partial charge is 0.392 e. The second-order valence-corrected chi connectivity index (χ2v) is 3.45. The standard InChI is InChI=1S/C9H16O/c1-6-4-5-7(2)9(10)8(6)3/h7-10H,1,4-5H2,2-3H3. The third-order valence-corrected chi connectivity index (χ3v) is 2.66. The number of aliphatic hydroxyl groups excluding tert-OH is 1. The van der Waals surface area contributed by atoms with E-state index in [1.807, 2.05) is 0 Å². The summed E-state index contributed by atoms with van der Waals surface area (Å²) < 4.78 is 0. The Hall–Kier alpha value is -0.300. The van der Waals surface area contributed by atoms with Crippen molar-refractivity contribution in [2.45, 2.75) is 32.8 Å². The first-order valence-corrected chi connectivity index (χ1v) is 3.98. The smallest absolute Gasteiger partial charge is 0.0628 e. The molecule has 0 saturated heterocycles. The lowest BCUT2D eigenvalue weighted by atomic mass is 9.78. The first-order valence-electron chi connectivity index (χ1n) is 3.98. The Balaban J connectivity index is 2.60. The molecule has 3 atom stereocenters. The first-order chi connectivity index (χ1) is 4.63. The lowest BCUT2D eigenvalue weighted by Crippen LogP contribution is -2.30. The van der Waals surface area contributed by atoms with Crippen molar-refractivity contribution in [1.82, 2.24) is 0 Å². The van der Waals surface area contributed by atoms with Crippen molar-refractivity contribution in [3.05, 3.63) is 12.2 Å². The molecule has 3 unspecified atom stereocenters. The molecular weight excluding hydrogens is 124 g/mol. The molecule has 1 aliphatic carbocycles. The minimum Gasteiger partial charge on any atom is -0.392 e. The van der Waals surface area contributed by atoms with Crippen molar-refractivity contribution in [2.75, 3.05) is 0 Å². The maximum atomic E-state index is 9.56. The molecule has 0 bridgehead atoms. The van der Waals surface area contributed by atoms with Gasteiger partial charge in [-0.2, -0.15) is 0 Å². The highest BCUT2D eigenvalue weighted by molar-refractivity contribution is 5.06. The maximum absolute atomic E-state index is 9.56. The van der Waals surface area contributed by atoms with Gasteiger partial charge in [-0.3, -0.25) is 0 Å². The normalized spacial score (nSPS) is 41.9. The van der Waals surface area contributed by atoms with Crippen LogP contribution in [0.4, 0.5) is 0 Å². The van der Waals surface area contributed by atoms with Gasteiger partial charge >= 0.3 is 0 Å². The van der Waals surface area contributed by atoms with E-state index in [4.69, 9.17) is 0 Å². The van der Waals surface area contributed by atoms with E-state index in [1.165, 1.54) is 5.57 Å². The van der Waals surface area contributed by atoms with Crippen molar-refractivity contribution < 1.29 is 5.11 Å². The van der Waals surface area contributed by atoms with Gasteiger partial charge in [0.1, 0.15) is 0 Å². The van der Waals surface area contributed by atoms with Crippen molar-refractivity contribution in [1.29, 1.82) is 0 Å². The van der Waals surface area contributed by atoms with E-state index < -0.39 is 0 Å². The molecule has 58 valence electrons. The molecule has 1 fully saturated rings. The van der Waals surface area contributed by atoms with Crippen LogP contribution < -0.4 is 0 Å². The molecule has 1 aliphatic rings. The molecule has 0 spiro atoms. The Kier molecular flexibility index (Phi) is 2.14. The summed E-state index contributed by atoms with van der Waals surface area (Å²) in [5, 5.41) is 9.56. The van der Waals surface area contributed by atoms with E-state index >= 15 is 0 Å². The summed E-state index contributed by atoms with van der Waals surface area (Å²) in [5.41, 5.74) is 1.21. The molecule has 1 rings (SSSR count). The van der Waals surface area contributed by atoms with Gasteiger partial charge in [-0.1, -0.05) is 26.0 Å². The second kappa shape index (κ2) is 2.75. The molecule has 1 heteroatoms. The topological polar surface area (TPSA) is 20.2 Å². The van der Waals surface area contributed by atoms with Gasteiger partial charge in [-0.05, 0) is 18.8 Å². The van der Waals surface area contributed by atoms with Crippen LogP contribution in [0.2, 0.25) is 0 Å². The molecule has 0 aromatic carbocycles. The average Bonchev–Trinajstić information content (AvgIpc) is 1.93. The van der Waals surface area contributed by atoms with Crippen LogP contribution in [0.3, 0.4) is 0 Å². The van der Waals surface area contributed by atoms with E-state index in [1.54, 1.807) is 0 Å². The van der Waals surface area contributed by atoms with Crippen LogP contribution in [0, 0.1) is 11.8 Å². The van der Waals surface area contributed by atoms with E-state index in [0.29, 0.717) is 11.8 Å². The molecule has 0 aromatic rings. The Labute approximate surface area is 62.8 Å². The van der Waals surface area contributed by atoms with Gasteiger partial charge in [0.15, 0.2) is 0 Å². The van der Waals surface area contributed by atoms with Crippen molar-refractivity contribution in [2.24, 2.45) is 11.8 Å². The van der Waals surface area contributed by atoms with Crippen molar-refractivity contribution in [3.63, 3.8) is 0 Å². The molecule has 10 heavy (non-hydrogen) atoms. The summed E-state index contributed by atoms with van der Waals surface area (Å²) >= 11 is 0. The Bertz CT molecular complexity index is 140. The van der Waals surface area contributed by atoms with Gasteiger partial charge in [-0.15, -0.1) is 0 Å². The van der Waals surface area contributed by atoms with Crippen LogP contribution in [0.15, 0.2) is 12.2 Å². The summed E-state index contributed by atoms with van der Waals surface area (Å²) in [6, 6.07) is 0. The van der Waals surface area contributed by atoms with Crippen LogP contribution >= 0.6 is 0 Å². The molecule has 1 saturated carbocycles. The fourth-order valence-electron chi connectivity index (χ4n) is 1.55. The fraction of sp³-hybridized carbons (Fsp3) is 0.778. The number of hydrogen-bond acceptors (Lipinski definition) is 1. The number of aliphatic hydroxyl groups is 1. The maximum Gasteiger partial charge on any atom is 0.0628 e. The lowest BCUT2D eigenvalue weighted by molar-refractivity contribution is 0.0586. The highest BCUT2D eigenvalue weighted by atomic mass is 16.3. The van der Waals surface area contributed by atoms with Crippen LogP contribution in [0.5, 0.6) is 0 Å². The second-order valence-electron chi connectivity index (χ2n) is 3.45. The van der Waals surface area contributed by atoms with Gasteiger partial charge in [0, 0.05) is 5.92 Å². The molecule has 1 nitrogen and oxygen atoms in total. The summed E-state index contributed by atoms with van der Waals surface area (Å²) in [7, 11) is 0. The van der Waals surface area contributed by atoms with E-state index in [-0.39, 0.29) is 6.10 Å². The monoisotopic (exact) mass is 140 g/mol. The van der Waals surface area contributed by atoms with Crippen LogP contribution in [0.25, 0.3) is 0 Å². The van der Waals surface area contributed by atoms with E-state index in [0.717, 1.165) is 12.8 Å². The van der Waals surface area contributed by atoms with Crippen molar-refractivity contribution in [3.8, 4) is 0 Å². The predicted molar refractivity (Wildman–Crippen MR) is 42.7 cm³/mol. The molecule has 0 amide bonds. The van der Waals surface area contributed by atoms with E-state index in [9.17, 15) is 5.11 Å². The van der Waals surface area contributed by atoms with Crippen LogP contribution in [-0.2, 0) is 0 Å². The van der Waals surface area contributed by atoms with Gasteiger partial charge < -0.3 is 5.11 Å². The third kappa shape index (κ3) is 1.24. The quantitative estimate of drug-likeness (QED) is 0.510. The minimum atomic E-state index is -0.152. The van der Waals surface area contributed by atoms with Gasteiger partial charge in [0.25, 0.3) is 0 Å². The van der Waals surface area contributed by atoms with Gasteiger partial charge in [-0.25, -0.2) is 0 Å². The molecular formula is C9H16O. The summed E-state index contributed by atoms with van der Waals surface area (Å²) in [5.74, 6) is 0.768. The molecule has 0 aliphatic heterocycles. The number of hydrogen-bond donors (Lipinski definition) is 1. The Morgan fingerprint density at radius 2 is 2.10 bits per heavy atom. The van der Waals surface area contributed by atoms with Gasteiger partial charge in [0.05, 0.1) is 6.10 Å². The van der Waals surface area contributed by atoms with Crippen LogP contribution in [0.1, 0.15) is 26.7 Å². The van der Waals surface area contributed by atoms with Crippen molar-refractivity contribution >= 4 is 0 Å². The zero-order valence-electron chi connectivity index (χ0n) is 6.80. The molecule has 0 aromatic heterocycles. The molecule has 0 radical (unpaired) electrons. The SMILES string of the molecule is C=C1CCC(C)C(O)C1C. The third-order valence-electron chi connectivity index (χ3n) is 2.66. The lowest BCUT2D eigenvalue weighted by Gasteiger charge is -2.32. The zero-order chi connectivity index (χ0) is 7.72. The zero-order valence-corrected chi connectivity index (χ0v) is 6.80. The first kappa shape index (κ1) is 7.80. The minimum absolute atomic E-state index is 0.152. The van der Waals surface area contributed by atoms with E-state index in [2.05, 4.69) is 20.4 Å². The molecule has 0 heterocycles. The summed E-state index contributed by atoms with van der Waals surface area (Å²) in [6.07, 6.45) is 2.05. The van der Waals surface area contributed by atoms with Crippen LogP contribution in [-0.4, -0.2) is 11.2 Å². The number of rotatable bonds is 0. The predicted octanol–water partition coefficient (Wildman–Crippen LogP) is 1.97. The Morgan fingerprint density at radius 1 is 1.50 bits per heavy atom. The summed E-state index contributed by atoms with van der Waals surface area (Å²) in [4.78, 5) is 0. The highest BCUT2D eigenvalue weighted by Gasteiger charge is 2.27. The fourth-order valence-corrected chi connectivity index (χ4v) is 1.55. The van der Waals surface area contributed by atoms with Gasteiger partial charge in [0.2, 0.25) is 0 Å². The average molecular weight is 140 g/mol. The molecule has 1 N–H and O–H groups in total. The highest BCUT2D eigenvalue weighted by Crippen LogP contribution is 2.31. The Morgan fingerprint density at radius 3 is 2.60 bits per heavy atom. The summed E-state index contributed by atoms with van der Waals surface area (Å²) in [6.45, 7) is 8.08.